The average Bonchev–Trinajstić information content (AvgIpc) is 3.11. The summed E-state index contributed by atoms with van der Waals surface area (Å²) in [5, 5.41) is 3.44. The van der Waals surface area contributed by atoms with Gasteiger partial charge in [0.15, 0.2) is 0 Å². The number of benzene rings is 3. The lowest BCUT2D eigenvalue weighted by molar-refractivity contribution is 0.0924. The highest BCUT2D eigenvalue weighted by Gasteiger charge is 2.37. The maximum absolute atomic E-state index is 13.4. The Hall–Kier alpha value is -3.68. The van der Waals surface area contributed by atoms with E-state index in [1.54, 1.807) is 54.6 Å². The van der Waals surface area contributed by atoms with Crippen LogP contribution in [0.4, 0.5) is 17.1 Å². The van der Waals surface area contributed by atoms with E-state index >= 15 is 0 Å². The molecule has 2 aliphatic heterocycles. The molecular formula is C26H22ClN3O4. The van der Waals surface area contributed by atoms with E-state index in [1.165, 1.54) is 0 Å². The maximum Gasteiger partial charge on any atom is 0.266 e. The summed E-state index contributed by atoms with van der Waals surface area (Å²) in [6.45, 7) is 4.24. The van der Waals surface area contributed by atoms with Crippen LogP contribution >= 0.6 is 11.6 Å². The van der Waals surface area contributed by atoms with E-state index in [-0.39, 0.29) is 5.91 Å². The van der Waals surface area contributed by atoms with E-state index < -0.39 is 11.8 Å². The summed E-state index contributed by atoms with van der Waals surface area (Å²) < 4.78 is 5.46. The molecule has 2 aliphatic rings. The number of hydrogen-bond acceptors (Lipinski definition) is 5. The topological polar surface area (TPSA) is 79.0 Å². The molecule has 1 saturated heterocycles. The van der Waals surface area contributed by atoms with Crippen LogP contribution in [0, 0.1) is 6.92 Å². The monoisotopic (exact) mass is 475 g/mol. The zero-order chi connectivity index (χ0) is 23.8. The fourth-order valence-electron chi connectivity index (χ4n) is 4.22. The number of nitrogens with zero attached hydrogens (tertiary/aromatic N) is 2. The Morgan fingerprint density at radius 3 is 2.26 bits per heavy atom. The lowest BCUT2D eigenvalue weighted by Gasteiger charge is -2.31. The summed E-state index contributed by atoms with van der Waals surface area (Å²) in [4.78, 5) is 42.6. The highest BCUT2D eigenvalue weighted by atomic mass is 35.5. The lowest BCUT2D eigenvalue weighted by Crippen LogP contribution is -2.37. The second-order valence-corrected chi connectivity index (χ2v) is 8.62. The van der Waals surface area contributed by atoms with Gasteiger partial charge in [0.05, 0.1) is 35.6 Å². The van der Waals surface area contributed by atoms with Gasteiger partial charge in [-0.15, -0.1) is 0 Å². The van der Waals surface area contributed by atoms with Gasteiger partial charge < -0.3 is 15.0 Å². The van der Waals surface area contributed by atoms with Gasteiger partial charge in [-0.3, -0.25) is 14.4 Å². The number of halogens is 1. The van der Waals surface area contributed by atoms with Crippen LogP contribution in [-0.4, -0.2) is 44.0 Å². The van der Waals surface area contributed by atoms with Crippen LogP contribution in [0.25, 0.3) is 0 Å². The van der Waals surface area contributed by atoms with Crippen LogP contribution in [0.5, 0.6) is 0 Å². The van der Waals surface area contributed by atoms with Gasteiger partial charge in [-0.1, -0.05) is 29.8 Å². The molecule has 0 unspecified atom stereocenters. The largest absolute Gasteiger partial charge is 0.378 e. The number of morpholine rings is 1. The van der Waals surface area contributed by atoms with E-state index in [2.05, 4.69) is 10.2 Å². The van der Waals surface area contributed by atoms with E-state index in [1.807, 2.05) is 13.0 Å². The summed E-state index contributed by atoms with van der Waals surface area (Å²) >= 11 is 6.23. The molecule has 0 saturated carbocycles. The molecule has 5 rings (SSSR count). The molecule has 1 N–H and O–H groups in total. The Morgan fingerprint density at radius 1 is 0.941 bits per heavy atom. The number of ether oxygens (including phenoxy) is 1. The Bertz CT molecular complexity index is 1280. The third-order valence-electron chi connectivity index (χ3n) is 6.06. The van der Waals surface area contributed by atoms with Crippen molar-refractivity contribution in [2.75, 3.05) is 41.4 Å². The Labute approximate surface area is 201 Å². The quantitative estimate of drug-likeness (QED) is 0.560. The van der Waals surface area contributed by atoms with Crippen LogP contribution < -0.4 is 15.1 Å². The van der Waals surface area contributed by atoms with Crippen molar-refractivity contribution in [1.29, 1.82) is 0 Å². The molecule has 0 spiro atoms. The molecule has 7 nitrogen and oxygen atoms in total. The molecule has 0 aliphatic carbocycles. The first-order valence-corrected chi connectivity index (χ1v) is 11.3. The molecule has 172 valence electrons. The van der Waals surface area contributed by atoms with E-state index in [0.29, 0.717) is 65.1 Å². The SMILES string of the molecule is Cc1ccc(NC(=O)c2cc(N3C(=O)c4ccccc4C3=O)ccc2N2CCOCC2)cc1Cl. The summed E-state index contributed by atoms with van der Waals surface area (Å²) in [6.07, 6.45) is 0. The molecule has 3 aromatic rings. The van der Waals surface area contributed by atoms with Crippen LogP contribution in [-0.2, 0) is 4.74 Å². The van der Waals surface area contributed by atoms with Crippen molar-refractivity contribution in [3.8, 4) is 0 Å². The standard InChI is InChI=1S/C26H22ClN3O4/c1-16-6-7-17(14-22(16)27)28-24(31)21-15-18(8-9-23(21)29-10-12-34-13-11-29)30-25(32)19-4-2-3-5-20(19)26(30)33/h2-9,14-15H,10-13H2,1H3,(H,28,31). The number of nitrogens with one attached hydrogen (secondary N) is 1. The molecule has 8 heteroatoms. The first kappa shape index (κ1) is 22.1. The third kappa shape index (κ3) is 3.93. The number of imide groups is 1. The van der Waals surface area contributed by atoms with Gasteiger partial charge in [0.25, 0.3) is 17.7 Å². The second-order valence-electron chi connectivity index (χ2n) is 8.21. The minimum atomic E-state index is -0.406. The van der Waals surface area contributed by atoms with Gasteiger partial charge in [0, 0.05) is 29.5 Å². The summed E-state index contributed by atoms with van der Waals surface area (Å²) in [7, 11) is 0. The minimum Gasteiger partial charge on any atom is -0.378 e. The van der Waals surface area contributed by atoms with Gasteiger partial charge >= 0.3 is 0 Å². The minimum absolute atomic E-state index is 0.343. The van der Waals surface area contributed by atoms with Crippen LogP contribution in [0.15, 0.2) is 60.7 Å². The van der Waals surface area contributed by atoms with Gasteiger partial charge in [0.1, 0.15) is 0 Å². The number of fused-ring (bicyclic) bond motifs is 1. The highest BCUT2D eigenvalue weighted by Crippen LogP contribution is 2.33. The average molecular weight is 476 g/mol. The van der Waals surface area contributed by atoms with Crippen molar-refractivity contribution in [2.24, 2.45) is 0 Å². The van der Waals surface area contributed by atoms with Gasteiger partial charge in [-0.25, -0.2) is 4.90 Å². The first-order valence-electron chi connectivity index (χ1n) is 11.0. The van der Waals surface area contributed by atoms with E-state index in [4.69, 9.17) is 16.3 Å². The summed E-state index contributed by atoms with van der Waals surface area (Å²) in [5.41, 5.74) is 3.57. The molecule has 2 heterocycles. The highest BCUT2D eigenvalue weighted by molar-refractivity contribution is 6.34. The van der Waals surface area contributed by atoms with E-state index in [9.17, 15) is 14.4 Å². The van der Waals surface area contributed by atoms with Crippen LogP contribution in [0.1, 0.15) is 36.6 Å². The number of carbonyl (C=O) groups is 3. The zero-order valence-corrected chi connectivity index (χ0v) is 19.3. The molecule has 0 aromatic heterocycles. The Morgan fingerprint density at radius 2 is 1.62 bits per heavy atom. The number of anilines is 3. The molecule has 1 fully saturated rings. The molecule has 3 aromatic carbocycles. The first-order chi connectivity index (χ1) is 16.4. The summed E-state index contributed by atoms with van der Waals surface area (Å²) in [6, 6.07) is 17.1. The number of hydrogen-bond donors (Lipinski definition) is 1. The smallest absolute Gasteiger partial charge is 0.266 e. The number of amides is 3. The van der Waals surface area contributed by atoms with Gasteiger partial charge in [-0.2, -0.15) is 0 Å². The Balaban J connectivity index is 1.53. The van der Waals surface area contributed by atoms with Crippen molar-refractivity contribution in [3.05, 3.63) is 87.9 Å². The van der Waals surface area contributed by atoms with Crippen molar-refractivity contribution < 1.29 is 19.1 Å². The maximum atomic E-state index is 13.4. The number of carbonyl (C=O) groups excluding carboxylic acids is 3. The van der Waals surface area contributed by atoms with E-state index in [0.717, 1.165) is 10.5 Å². The normalized spacial score (nSPS) is 15.5. The fourth-order valence-corrected chi connectivity index (χ4v) is 4.40. The fraction of sp³-hybridized carbons (Fsp3) is 0.192. The Kier molecular flexibility index (Phi) is 5.81. The molecule has 0 bridgehead atoms. The molecule has 34 heavy (non-hydrogen) atoms. The van der Waals surface area contributed by atoms with Crippen LogP contribution in [0.3, 0.4) is 0 Å². The van der Waals surface area contributed by atoms with Crippen molar-refractivity contribution in [3.63, 3.8) is 0 Å². The third-order valence-corrected chi connectivity index (χ3v) is 6.47. The molecule has 0 atom stereocenters. The predicted molar refractivity (Wildman–Crippen MR) is 131 cm³/mol. The molecular weight excluding hydrogens is 454 g/mol. The van der Waals surface area contributed by atoms with Gasteiger partial charge in [-0.05, 0) is 55.0 Å². The molecule has 0 radical (unpaired) electrons. The predicted octanol–water partition coefficient (Wildman–Crippen LogP) is 4.54. The number of aryl methyl sites for hydroxylation is 1. The van der Waals surface area contributed by atoms with Crippen molar-refractivity contribution >= 4 is 46.4 Å². The van der Waals surface area contributed by atoms with Crippen molar-refractivity contribution in [1.82, 2.24) is 0 Å². The summed E-state index contributed by atoms with van der Waals surface area (Å²) in [5.74, 6) is -1.17. The van der Waals surface area contributed by atoms with Crippen LogP contribution in [0.2, 0.25) is 5.02 Å². The van der Waals surface area contributed by atoms with Gasteiger partial charge in [0.2, 0.25) is 0 Å². The second kappa shape index (κ2) is 8.93. The van der Waals surface area contributed by atoms with Crippen molar-refractivity contribution in [2.45, 2.75) is 6.92 Å². The lowest BCUT2D eigenvalue weighted by atomic mass is 10.1. The number of rotatable bonds is 4. The molecule has 3 amide bonds. The zero-order valence-electron chi connectivity index (χ0n) is 18.5.